The summed E-state index contributed by atoms with van der Waals surface area (Å²) < 4.78 is 5.14. The van der Waals surface area contributed by atoms with E-state index in [4.69, 9.17) is 4.74 Å². The van der Waals surface area contributed by atoms with Crippen LogP contribution in [-0.4, -0.2) is 29.1 Å². The Morgan fingerprint density at radius 2 is 1.71 bits per heavy atom. The Kier molecular flexibility index (Phi) is 6.33. The zero-order valence-electron chi connectivity index (χ0n) is 15.6. The molecule has 0 spiro atoms. The van der Waals surface area contributed by atoms with E-state index in [-0.39, 0.29) is 11.8 Å². The number of carbonyl (C=O) groups excluding carboxylic acids is 2. The van der Waals surface area contributed by atoms with Gasteiger partial charge in [-0.25, -0.2) is 0 Å². The van der Waals surface area contributed by atoms with E-state index in [2.05, 4.69) is 20.8 Å². The van der Waals surface area contributed by atoms with Crippen LogP contribution in [0.2, 0.25) is 0 Å². The first-order valence-electron chi connectivity index (χ1n) is 8.78. The van der Waals surface area contributed by atoms with Crippen molar-refractivity contribution < 1.29 is 14.3 Å². The summed E-state index contributed by atoms with van der Waals surface area (Å²) >= 11 is 1.29. The highest BCUT2D eigenvalue weighted by molar-refractivity contribution is 7.18. The van der Waals surface area contributed by atoms with E-state index >= 15 is 0 Å². The van der Waals surface area contributed by atoms with E-state index in [0.29, 0.717) is 27.8 Å². The van der Waals surface area contributed by atoms with Crippen LogP contribution in [0.5, 0.6) is 5.75 Å². The molecule has 0 saturated heterocycles. The minimum absolute atomic E-state index is 0.0420. The normalized spacial score (nSPS) is 10.4. The first-order chi connectivity index (χ1) is 13.6. The quantitative estimate of drug-likeness (QED) is 0.624. The van der Waals surface area contributed by atoms with Crippen molar-refractivity contribution in [2.24, 2.45) is 0 Å². The first kappa shape index (κ1) is 19.5. The molecule has 0 aliphatic carbocycles. The highest BCUT2D eigenvalue weighted by atomic mass is 32.1. The minimum atomic E-state index is -0.288. The number of carbonyl (C=O) groups is 2. The van der Waals surface area contributed by atoms with Crippen LogP contribution >= 0.6 is 11.3 Å². The third-order valence-corrected chi connectivity index (χ3v) is 4.78. The van der Waals surface area contributed by atoms with Crippen molar-refractivity contribution in [3.63, 3.8) is 0 Å². The molecule has 7 nitrogen and oxygen atoms in total. The standard InChI is InChI=1S/C20H20N4O3S/c1-3-4-17(25)21-15-9-5-13(6-10-15)18(26)22-20-24-23-19(28-20)14-7-11-16(27-2)12-8-14/h5-12H,3-4H2,1-2H3,(H,21,25)(H,22,24,26). The molecule has 0 bridgehead atoms. The van der Waals surface area contributed by atoms with Crippen LogP contribution in [0.25, 0.3) is 10.6 Å². The predicted molar refractivity (Wildman–Crippen MR) is 110 cm³/mol. The second-order valence-electron chi connectivity index (χ2n) is 5.97. The van der Waals surface area contributed by atoms with Crippen molar-refractivity contribution in [2.75, 3.05) is 17.7 Å². The molecule has 0 saturated carbocycles. The summed E-state index contributed by atoms with van der Waals surface area (Å²) in [6, 6.07) is 14.2. The molecule has 144 valence electrons. The lowest BCUT2D eigenvalue weighted by Crippen LogP contribution is -2.13. The molecular weight excluding hydrogens is 376 g/mol. The smallest absolute Gasteiger partial charge is 0.257 e. The van der Waals surface area contributed by atoms with E-state index in [1.54, 1.807) is 31.4 Å². The zero-order valence-corrected chi connectivity index (χ0v) is 16.4. The molecule has 2 amide bonds. The Hall–Kier alpha value is -3.26. The van der Waals surface area contributed by atoms with Crippen LogP contribution in [-0.2, 0) is 4.79 Å². The molecule has 0 radical (unpaired) electrons. The largest absolute Gasteiger partial charge is 0.497 e. The molecule has 1 aromatic heterocycles. The SMILES string of the molecule is CCCC(=O)Nc1ccc(C(=O)Nc2nnc(-c3ccc(OC)cc3)s2)cc1. The number of amides is 2. The molecule has 3 rings (SSSR count). The highest BCUT2D eigenvalue weighted by Crippen LogP contribution is 2.28. The number of rotatable bonds is 7. The van der Waals surface area contributed by atoms with Crippen LogP contribution in [0, 0.1) is 0 Å². The molecule has 8 heteroatoms. The number of benzene rings is 2. The van der Waals surface area contributed by atoms with Crippen LogP contribution in [0.1, 0.15) is 30.1 Å². The maximum Gasteiger partial charge on any atom is 0.257 e. The first-order valence-corrected chi connectivity index (χ1v) is 9.60. The van der Waals surface area contributed by atoms with Gasteiger partial charge >= 0.3 is 0 Å². The van der Waals surface area contributed by atoms with Crippen LogP contribution in [0.15, 0.2) is 48.5 Å². The fraction of sp³-hybridized carbons (Fsp3) is 0.200. The molecule has 3 aromatic rings. The Labute approximate surface area is 166 Å². The summed E-state index contributed by atoms with van der Waals surface area (Å²) in [5.74, 6) is 0.430. The molecule has 0 aliphatic heterocycles. The van der Waals surface area contributed by atoms with Gasteiger partial charge in [0.25, 0.3) is 5.91 Å². The van der Waals surface area contributed by atoms with Crippen molar-refractivity contribution in [1.82, 2.24) is 10.2 Å². The topological polar surface area (TPSA) is 93.2 Å². The number of hydrogen-bond acceptors (Lipinski definition) is 6. The van der Waals surface area contributed by atoms with Crippen molar-refractivity contribution in [2.45, 2.75) is 19.8 Å². The minimum Gasteiger partial charge on any atom is -0.497 e. The van der Waals surface area contributed by atoms with Crippen LogP contribution in [0.4, 0.5) is 10.8 Å². The lowest BCUT2D eigenvalue weighted by molar-refractivity contribution is -0.116. The number of ether oxygens (including phenoxy) is 1. The molecule has 2 aromatic carbocycles. The number of methoxy groups -OCH3 is 1. The molecule has 0 atom stereocenters. The summed E-state index contributed by atoms with van der Waals surface area (Å²) in [6.07, 6.45) is 1.25. The van der Waals surface area contributed by atoms with Gasteiger partial charge in [-0.05, 0) is 55.0 Å². The summed E-state index contributed by atoms with van der Waals surface area (Å²) in [7, 11) is 1.61. The summed E-state index contributed by atoms with van der Waals surface area (Å²) in [5, 5.41) is 14.8. The second kappa shape index (κ2) is 9.09. The number of anilines is 2. The van der Waals surface area contributed by atoms with Crippen LogP contribution < -0.4 is 15.4 Å². The zero-order chi connectivity index (χ0) is 19.9. The Morgan fingerprint density at radius 3 is 2.36 bits per heavy atom. The molecule has 28 heavy (non-hydrogen) atoms. The summed E-state index contributed by atoms with van der Waals surface area (Å²) in [5.41, 5.74) is 2.02. The summed E-state index contributed by atoms with van der Waals surface area (Å²) in [4.78, 5) is 24.0. The Morgan fingerprint density at radius 1 is 1.00 bits per heavy atom. The van der Waals surface area contributed by atoms with Gasteiger partial charge in [0.05, 0.1) is 7.11 Å². The number of aromatic nitrogens is 2. The average Bonchev–Trinajstić information content (AvgIpc) is 3.17. The molecule has 1 heterocycles. The average molecular weight is 396 g/mol. The maximum atomic E-state index is 12.4. The van der Waals surface area contributed by atoms with E-state index in [9.17, 15) is 9.59 Å². The lowest BCUT2D eigenvalue weighted by atomic mass is 10.2. The maximum absolute atomic E-state index is 12.4. The van der Waals surface area contributed by atoms with E-state index < -0.39 is 0 Å². The number of nitrogens with zero attached hydrogens (tertiary/aromatic N) is 2. The molecule has 2 N–H and O–H groups in total. The lowest BCUT2D eigenvalue weighted by Gasteiger charge is -2.05. The fourth-order valence-corrected chi connectivity index (χ4v) is 3.19. The van der Waals surface area contributed by atoms with Crippen molar-refractivity contribution in [3.05, 3.63) is 54.1 Å². The van der Waals surface area contributed by atoms with Crippen LogP contribution in [0.3, 0.4) is 0 Å². The monoisotopic (exact) mass is 396 g/mol. The summed E-state index contributed by atoms with van der Waals surface area (Å²) in [6.45, 7) is 1.94. The Bertz CT molecular complexity index is 952. The van der Waals surface area contributed by atoms with Gasteiger partial charge in [0.2, 0.25) is 11.0 Å². The van der Waals surface area contributed by atoms with Crippen molar-refractivity contribution in [3.8, 4) is 16.3 Å². The van der Waals surface area contributed by atoms with Gasteiger partial charge in [-0.2, -0.15) is 0 Å². The second-order valence-corrected chi connectivity index (χ2v) is 6.95. The van der Waals surface area contributed by atoms with Gasteiger partial charge < -0.3 is 10.1 Å². The molecule has 0 unspecified atom stereocenters. The number of nitrogens with one attached hydrogen (secondary N) is 2. The van der Waals surface area contributed by atoms with Gasteiger partial charge in [-0.3, -0.25) is 14.9 Å². The van der Waals surface area contributed by atoms with Crippen molar-refractivity contribution in [1.29, 1.82) is 0 Å². The van der Waals surface area contributed by atoms with Gasteiger partial charge in [-0.15, -0.1) is 10.2 Å². The van der Waals surface area contributed by atoms with Gasteiger partial charge in [-0.1, -0.05) is 18.3 Å². The highest BCUT2D eigenvalue weighted by Gasteiger charge is 2.12. The molecular formula is C20H20N4O3S. The molecule has 0 fully saturated rings. The van der Waals surface area contributed by atoms with Gasteiger partial charge in [0.15, 0.2) is 0 Å². The van der Waals surface area contributed by atoms with Crippen molar-refractivity contribution >= 4 is 34.0 Å². The van der Waals surface area contributed by atoms with Gasteiger partial charge in [0, 0.05) is 23.2 Å². The third-order valence-electron chi connectivity index (χ3n) is 3.89. The van der Waals surface area contributed by atoms with E-state index in [1.807, 2.05) is 31.2 Å². The molecule has 0 aliphatic rings. The fourth-order valence-electron chi connectivity index (χ4n) is 2.45. The Balaban J connectivity index is 1.63. The number of hydrogen-bond donors (Lipinski definition) is 2. The van der Waals surface area contributed by atoms with E-state index in [0.717, 1.165) is 17.7 Å². The van der Waals surface area contributed by atoms with Gasteiger partial charge in [0.1, 0.15) is 10.8 Å². The third kappa shape index (κ3) is 4.92. The predicted octanol–water partition coefficient (Wildman–Crippen LogP) is 4.20. The van der Waals surface area contributed by atoms with E-state index in [1.165, 1.54) is 11.3 Å².